The van der Waals surface area contributed by atoms with Gasteiger partial charge in [0.05, 0.1) is 0 Å². The Balaban J connectivity index is 4.21. The summed E-state index contributed by atoms with van der Waals surface area (Å²) in [6.45, 7) is 12.6. The first-order valence-corrected chi connectivity index (χ1v) is 8.30. The van der Waals surface area contributed by atoms with Gasteiger partial charge in [-0.15, -0.1) is 0 Å². The number of hydrogen-bond acceptors (Lipinski definition) is 1. The largest absolute Gasteiger partial charge is 0.330 e. The fourth-order valence-electron chi connectivity index (χ4n) is 2.97. The minimum Gasteiger partial charge on any atom is -0.330 e. The molecule has 110 valence electrons. The second-order valence-electron chi connectivity index (χ2n) is 6.28. The van der Waals surface area contributed by atoms with Gasteiger partial charge in [-0.05, 0) is 49.5 Å². The summed E-state index contributed by atoms with van der Waals surface area (Å²) in [5.41, 5.74) is 5.85. The molecule has 0 aliphatic carbocycles. The third kappa shape index (κ3) is 7.41. The smallest absolute Gasteiger partial charge is 0.00489 e. The standard InChI is InChI=1S/C17H37N/c1-6-14(5)10-15(7-2)11-16(8-3)12-17(9-4)13-18/h14-17H,6-13,18H2,1-5H3. The molecule has 0 aliphatic rings. The fraction of sp³-hybridized carbons (Fsp3) is 1.00. The van der Waals surface area contributed by atoms with E-state index < -0.39 is 0 Å². The van der Waals surface area contributed by atoms with Crippen LogP contribution in [0.2, 0.25) is 0 Å². The first-order chi connectivity index (χ1) is 8.60. The SMILES string of the molecule is CCC(C)CC(CC)CC(CC)CC(CC)CN. The Kier molecular flexibility index (Phi) is 10.8. The first-order valence-electron chi connectivity index (χ1n) is 8.30. The van der Waals surface area contributed by atoms with Crippen LogP contribution in [0.4, 0.5) is 0 Å². The summed E-state index contributed by atoms with van der Waals surface area (Å²) in [6.07, 6.45) is 9.44. The second-order valence-corrected chi connectivity index (χ2v) is 6.28. The van der Waals surface area contributed by atoms with Crippen molar-refractivity contribution in [3.05, 3.63) is 0 Å². The molecule has 0 amide bonds. The summed E-state index contributed by atoms with van der Waals surface area (Å²) in [6, 6.07) is 0. The van der Waals surface area contributed by atoms with Crippen LogP contribution in [0.15, 0.2) is 0 Å². The quantitative estimate of drug-likeness (QED) is 0.537. The van der Waals surface area contributed by atoms with Crippen molar-refractivity contribution in [2.45, 2.75) is 79.6 Å². The molecule has 0 spiro atoms. The molecule has 0 aromatic carbocycles. The van der Waals surface area contributed by atoms with Gasteiger partial charge in [0.25, 0.3) is 0 Å². The molecular formula is C17H37N. The van der Waals surface area contributed by atoms with Crippen LogP contribution in [0, 0.1) is 23.7 Å². The topological polar surface area (TPSA) is 26.0 Å². The lowest BCUT2D eigenvalue weighted by Gasteiger charge is -2.26. The van der Waals surface area contributed by atoms with Crippen molar-refractivity contribution in [1.29, 1.82) is 0 Å². The minimum absolute atomic E-state index is 0.746. The molecular weight excluding hydrogens is 218 g/mol. The van der Waals surface area contributed by atoms with Crippen molar-refractivity contribution in [2.75, 3.05) is 6.54 Å². The zero-order valence-electron chi connectivity index (χ0n) is 13.5. The zero-order chi connectivity index (χ0) is 14.0. The number of hydrogen-bond donors (Lipinski definition) is 1. The summed E-state index contributed by atoms with van der Waals surface area (Å²) in [7, 11) is 0. The summed E-state index contributed by atoms with van der Waals surface area (Å²) in [5.74, 6) is 3.47. The Labute approximate surface area is 116 Å². The van der Waals surface area contributed by atoms with Gasteiger partial charge < -0.3 is 5.73 Å². The monoisotopic (exact) mass is 255 g/mol. The molecule has 0 aromatic heterocycles. The second kappa shape index (κ2) is 10.8. The molecule has 1 heteroatoms. The Morgan fingerprint density at radius 2 is 1.11 bits per heavy atom. The Morgan fingerprint density at radius 1 is 0.667 bits per heavy atom. The lowest BCUT2D eigenvalue weighted by molar-refractivity contribution is 0.259. The molecule has 0 heterocycles. The zero-order valence-corrected chi connectivity index (χ0v) is 13.5. The Morgan fingerprint density at radius 3 is 1.50 bits per heavy atom. The molecule has 0 saturated carbocycles. The summed E-state index contributed by atoms with van der Waals surface area (Å²) < 4.78 is 0. The minimum atomic E-state index is 0.746. The van der Waals surface area contributed by atoms with E-state index in [1.54, 1.807) is 0 Å². The normalized spacial score (nSPS) is 18.3. The van der Waals surface area contributed by atoms with E-state index in [4.69, 9.17) is 5.73 Å². The number of rotatable bonds is 11. The fourth-order valence-corrected chi connectivity index (χ4v) is 2.97. The first kappa shape index (κ1) is 18.0. The predicted octanol–water partition coefficient (Wildman–Crippen LogP) is 5.24. The van der Waals surface area contributed by atoms with Crippen LogP contribution < -0.4 is 5.73 Å². The highest BCUT2D eigenvalue weighted by Crippen LogP contribution is 2.30. The van der Waals surface area contributed by atoms with Crippen LogP contribution in [0.25, 0.3) is 0 Å². The lowest BCUT2D eigenvalue weighted by Crippen LogP contribution is -2.19. The molecule has 0 rings (SSSR count). The van der Waals surface area contributed by atoms with E-state index in [2.05, 4.69) is 34.6 Å². The lowest BCUT2D eigenvalue weighted by atomic mass is 9.80. The molecule has 2 N–H and O–H groups in total. The maximum atomic E-state index is 5.85. The van der Waals surface area contributed by atoms with E-state index in [0.29, 0.717) is 0 Å². The van der Waals surface area contributed by atoms with Crippen molar-refractivity contribution < 1.29 is 0 Å². The summed E-state index contributed by atoms with van der Waals surface area (Å²) >= 11 is 0. The Hall–Kier alpha value is -0.0400. The molecule has 0 saturated heterocycles. The molecule has 0 aliphatic heterocycles. The highest BCUT2D eigenvalue weighted by Gasteiger charge is 2.18. The molecule has 4 atom stereocenters. The van der Waals surface area contributed by atoms with E-state index in [-0.39, 0.29) is 0 Å². The summed E-state index contributed by atoms with van der Waals surface area (Å²) in [5, 5.41) is 0. The van der Waals surface area contributed by atoms with E-state index in [1.165, 1.54) is 44.9 Å². The van der Waals surface area contributed by atoms with Gasteiger partial charge in [-0.2, -0.15) is 0 Å². The van der Waals surface area contributed by atoms with Crippen molar-refractivity contribution in [2.24, 2.45) is 29.4 Å². The highest BCUT2D eigenvalue weighted by atomic mass is 14.5. The maximum Gasteiger partial charge on any atom is -0.00489 e. The van der Waals surface area contributed by atoms with E-state index in [1.807, 2.05) is 0 Å². The van der Waals surface area contributed by atoms with E-state index >= 15 is 0 Å². The van der Waals surface area contributed by atoms with Crippen LogP contribution in [0.1, 0.15) is 79.6 Å². The van der Waals surface area contributed by atoms with Gasteiger partial charge in [0.2, 0.25) is 0 Å². The average Bonchev–Trinajstić information content (AvgIpc) is 2.41. The molecule has 0 fully saturated rings. The molecule has 18 heavy (non-hydrogen) atoms. The van der Waals surface area contributed by atoms with Gasteiger partial charge in [0.15, 0.2) is 0 Å². The maximum absolute atomic E-state index is 5.85. The van der Waals surface area contributed by atoms with Crippen LogP contribution in [-0.4, -0.2) is 6.54 Å². The highest BCUT2D eigenvalue weighted by molar-refractivity contribution is 4.71. The molecule has 0 radical (unpaired) electrons. The van der Waals surface area contributed by atoms with Gasteiger partial charge in [0.1, 0.15) is 0 Å². The Bertz CT molecular complexity index is 174. The van der Waals surface area contributed by atoms with Crippen molar-refractivity contribution in [3.8, 4) is 0 Å². The van der Waals surface area contributed by atoms with Crippen LogP contribution in [0.3, 0.4) is 0 Å². The van der Waals surface area contributed by atoms with Crippen molar-refractivity contribution >= 4 is 0 Å². The van der Waals surface area contributed by atoms with Gasteiger partial charge in [-0.25, -0.2) is 0 Å². The van der Waals surface area contributed by atoms with Gasteiger partial charge in [0, 0.05) is 0 Å². The predicted molar refractivity (Wildman–Crippen MR) is 83.7 cm³/mol. The van der Waals surface area contributed by atoms with E-state index in [9.17, 15) is 0 Å². The summed E-state index contributed by atoms with van der Waals surface area (Å²) in [4.78, 5) is 0. The molecule has 0 bridgehead atoms. The van der Waals surface area contributed by atoms with Crippen molar-refractivity contribution in [1.82, 2.24) is 0 Å². The third-order valence-corrected chi connectivity index (χ3v) is 4.83. The third-order valence-electron chi connectivity index (χ3n) is 4.83. The molecule has 0 aromatic rings. The van der Waals surface area contributed by atoms with Gasteiger partial charge in [-0.1, -0.05) is 60.3 Å². The molecule has 4 unspecified atom stereocenters. The van der Waals surface area contributed by atoms with Crippen LogP contribution in [-0.2, 0) is 0 Å². The van der Waals surface area contributed by atoms with Crippen LogP contribution >= 0.6 is 0 Å². The van der Waals surface area contributed by atoms with E-state index in [0.717, 1.165) is 30.2 Å². The van der Waals surface area contributed by atoms with Gasteiger partial charge in [-0.3, -0.25) is 0 Å². The van der Waals surface area contributed by atoms with Crippen molar-refractivity contribution in [3.63, 3.8) is 0 Å². The van der Waals surface area contributed by atoms with Crippen LogP contribution in [0.5, 0.6) is 0 Å². The van der Waals surface area contributed by atoms with Gasteiger partial charge >= 0.3 is 0 Å². The average molecular weight is 255 g/mol. The molecule has 1 nitrogen and oxygen atoms in total. The number of nitrogens with two attached hydrogens (primary N) is 1.